The standard InChI is InChI=1S/C13H22N4O/c1-10-8-11(2)15-13(14-10)16-12(3)9-17-4-6-18-7-5-17/h8,12H,4-7,9H2,1-3H3,(H,14,15,16). The first-order chi connectivity index (χ1) is 8.63. The minimum atomic E-state index is 0.337. The zero-order chi connectivity index (χ0) is 13.0. The largest absolute Gasteiger partial charge is 0.379 e. The van der Waals surface area contributed by atoms with Crippen molar-refractivity contribution in [1.29, 1.82) is 0 Å². The Labute approximate surface area is 109 Å². The van der Waals surface area contributed by atoms with E-state index in [9.17, 15) is 0 Å². The summed E-state index contributed by atoms with van der Waals surface area (Å²) in [5.41, 5.74) is 2.01. The molecule has 100 valence electrons. The predicted molar refractivity (Wildman–Crippen MR) is 71.8 cm³/mol. The van der Waals surface area contributed by atoms with Crippen molar-refractivity contribution in [1.82, 2.24) is 14.9 Å². The van der Waals surface area contributed by atoms with Crippen LogP contribution in [0.15, 0.2) is 6.07 Å². The highest BCUT2D eigenvalue weighted by Gasteiger charge is 2.14. The third-order valence-corrected chi connectivity index (χ3v) is 2.99. The SMILES string of the molecule is Cc1cc(C)nc(NC(C)CN2CCOCC2)n1. The van der Waals surface area contributed by atoms with Gasteiger partial charge in [0.1, 0.15) is 0 Å². The van der Waals surface area contributed by atoms with Gasteiger partial charge in [0.15, 0.2) is 0 Å². The second kappa shape index (κ2) is 6.11. The highest BCUT2D eigenvalue weighted by atomic mass is 16.5. The average Bonchev–Trinajstić information content (AvgIpc) is 2.28. The van der Waals surface area contributed by atoms with Crippen LogP contribution >= 0.6 is 0 Å². The Bertz CT molecular complexity index is 370. The molecular formula is C13H22N4O. The Hall–Kier alpha value is -1.20. The molecule has 1 aliphatic rings. The summed E-state index contributed by atoms with van der Waals surface area (Å²) >= 11 is 0. The number of hydrogen-bond donors (Lipinski definition) is 1. The molecule has 0 aromatic carbocycles. The minimum Gasteiger partial charge on any atom is -0.379 e. The molecule has 1 unspecified atom stereocenters. The second-order valence-electron chi connectivity index (χ2n) is 4.93. The lowest BCUT2D eigenvalue weighted by atomic mass is 10.3. The summed E-state index contributed by atoms with van der Waals surface area (Å²) in [6, 6.07) is 2.32. The molecule has 0 bridgehead atoms. The van der Waals surface area contributed by atoms with Gasteiger partial charge in [-0.25, -0.2) is 9.97 Å². The zero-order valence-electron chi connectivity index (χ0n) is 11.4. The van der Waals surface area contributed by atoms with Gasteiger partial charge in [0, 0.05) is 37.1 Å². The second-order valence-corrected chi connectivity index (χ2v) is 4.93. The number of morpholine rings is 1. The molecule has 1 aromatic heterocycles. The molecule has 0 radical (unpaired) electrons. The van der Waals surface area contributed by atoms with E-state index in [4.69, 9.17) is 4.74 Å². The summed E-state index contributed by atoms with van der Waals surface area (Å²) in [6.07, 6.45) is 0. The first kappa shape index (κ1) is 13.2. The van der Waals surface area contributed by atoms with Crippen molar-refractivity contribution in [2.45, 2.75) is 26.8 Å². The first-order valence-electron chi connectivity index (χ1n) is 6.52. The van der Waals surface area contributed by atoms with Gasteiger partial charge in [0.25, 0.3) is 0 Å². The maximum atomic E-state index is 5.34. The van der Waals surface area contributed by atoms with E-state index in [2.05, 4.69) is 27.1 Å². The first-order valence-corrected chi connectivity index (χ1v) is 6.52. The van der Waals surface area contributed by atoms with Gasteiger partial charge in [0.05, 0.1) is 13.2 Å². The van der Waals surface area contributed by atoms with E-state index in [1.807, 2.05) is 19.9 Å². The fraction of sp³-hybridized carbons (Fsp3) is 0.692. The summed E-state index contributed by atoms with van der Waals surface area (Å²) in [7, 11) is 0. The third-order valence-electron chi connectivity index (χ3n) is 2.99. The molecule has 2 rings (SSSR count). The van der Waals surface area contributed by atoms with Gasteiger partial charge < -0.3 is 10.1 Å². The maximum Gasteiger partial charge on any atom is 0.223 e. The number of hydrogen-bond acceptors (Lipinski definition) is 5. The Kier molecular flexibility index (Phi) is 4.49. The number of aryl methyl sites for hydroxylation is 2. The normalized spacial score (nSPS) is 18.6. The Morgan fingerprint density at radius 3 is 2.50 bits per heavy atom. The van der Waals surface area contributed by atoms with Crippen LogP contribution in [-0.2, 0) is 4.74 Å². The zero-order valence-corrected chi connectivity index (χ0v) is 11.4. The van der Waals surface area contributed by atoms with Crippen LogP contribution < -0.4 is 5.32 Å². The molecule has 18 heavy (non-hydrogen) atoms. The quantitative estimate of drug-likeness (QED) is 0.871. The van der Waals surface area contributed by atoms with E-state index in [0.717, 1.165) is 50.2 Å². The molecule has 1 fully saturated rings. The minimum absolute atomic E-state index is 0.337. The van der Waals surface area contributed by atoms with Gasteiger partial charge in [-0.2, -0.15) is 0 Å². The molecule has 0 amide bonds. The summed E-state index contributed by atoms with van der Waals surface area (Å²) in [4.78, 5) is 11.2. The van der Waals surface area contributed by atoms with Crippen LogP contribution in [0.4, 0.5) is 5.95 Å². The lowest BCUT2D eigenvalue weighted by Crippen LogP contribution is -2.42. The molecule has 5 heteroatoms. The van der Waals surface area contributed by atoms with E-state index in [0.29, 0.717) is 6.04 Å². The topological polar surface area (TPSA) is 50.3 Å². The van der Waals surface area contributed by atoms with Crippen LogP contribution in [0.5, 0.6) is 0 Å². The average molecular weight is 250 g/mol. The van der Waals surface area contributed by atoms with Gasteiger partial charge in [-0.3, -0.25) is 4.90 Å². The molecule has 1 aromatic rings. The van der Waals surface area contributed by atoms with Crippen molar-refractivity contribution >= 4 is 5.95 Å². The van der Waals surface area contributed by atoms with Gasteiger partial charge in [-0.15, -0.1) is 0 Å². The van der Waals surface area contributed by atoms with Crippen molar-refractivity contribution in [3.8, 4) is 0 Å². The molecule has 1 N–H and O–H groups in total. The van der Waals surface area contributed by atoms with Crippen LogP contribution in [0.25, 0.3) is 0 Å². The Balaban J connectivity index is 1.87. The van der Waals surface area contributed by atoms with Gasteiger partial charge in [-0.1, -0.05) is 0 Å². The molecule has 2 heterocycles. The van der Waals surface area contributed by atoms with Crippen LogP contribution in [-0.4, -0.2) is 53.8 Å². The molecule has 0 saturated carbocycles. The van der Waals surface area contributed by atoms with Crippen molar-refractivity contribution in [2.24, 2.45) is 0 Å². The Morgan fingerprint density at radius 1 is 1.28 bits per heavy atom. The Morgan fingerprint density at radius 2 is 1.89 bits per heavy atom. The number of anilines is 1. The summed E-state index contributed by atoms with van der Waals surface area (Å²) in [5.74, 6) is 0.730. The van der Waals surface area contributed by atoms with Crippen molar-refractivity contribution in [3.63, 3.8) is 0 Å². The molecule has 1 atom stereocenters. The molecule has 0 aliphatic carbocycles. The van der Waals surface area contributed by atoms with Crippen LogP contribution in [0.1, 0.15) is 18.3 Å². The fourth-order valence-corrected chi connectivity index (χ4v) is 2.23. The van der Waals surface area contributed by atoms with E-state index in [1.54, 1.807) is 0 Å². The third kappa shape index (κ3) is 3.92. The lowest BCUT2D eigenvalue weighted by Gasteiger charge is -2.29. The van der Waals surface area contributed by atoms with Crippen molar-refractivity contribution in [2.75, 3.05) is 38.2 Å². The fourth-order valence-electron chi connectivity index (χ4n) is 2.23. The van der Waals surface area contributed by atoms with Crippen molar-refractivity contribution < 1.29 is 4.74 Å². The maximum absolute atomic E-state index is 5.34. The van der Waals surface area contributed by atoms with Crippen LogP contribution in [0, 0.1) is 13.8 Å². The monoisotopic (exact) mass is 250 g/mol. The van der Waals surface area contributed by atoms with E-state index in [-0.39, 0.29) is 0 Å². The summed E-state index contributed by atoms with van der Waals surface area (Å²) in [5, 5.41) is 3.37. The van der Waals surface area contributed by atoms with Crippen LogP contribution in [0.2, 0.25) is 0 Å². The van der Waals surface area contributed by atoms with Crippen LogP contribution in [0.3, 0.4) is 0 Å². The summed E-state index contributed by atoms with van der Waals surface area (Å²) < 4.78 is 5.34. The number of nitrogens with one attached hydrogen (secondary N) is 1. The smallest absolute Gasteiger partial charge is 0.223 e. The van der Waals surface area contributed by atoms with Gasteiger partial charge in [-0.05, 0) is 26.8 Å². The van der Waals surface area contributed by atoms with E-state index in [1.165, 1.54) is 0 Å². The summed E-state index contributed by atoms with van der Waals surface area (Å²) in [6.45, 7) is 10.9. The lowest BCUT2D eigenvalue weighted by molar-refractivity contribution is 0.0368. The highest BCUT2D eigenvalue weighted by molar-refractivity contribution is 5.28. The highest BCUT2D eigenvalue weighted by Crippen LogP contribution is 2.06. The number of nitrogens with zero attached hydrogens (tertiary/aromatic N) is 3. The number of aromatic nitrogens is 2. The number of rotatable bonds is 4. The molecule has 1 aliphatic heterocycles. The van der Waals surface area contributed by atoms with E-state index < -0.39 is 0 Å². The molecular weight excluding hydrogens is 228 g/mol. The molecule has 5 nitrogen and oxygen atoms in total. The van der Waals surface area contributed by atoms with Crippen molar-refractivity contribution in [3.05, 3.63) is 17.5 Å². The molecule has 1 saturated heterocycles. The molecule has 0 spiro atoms. The van der Waals surface area contributed by atoms with Gasteiger partial charge in [0.2, 0.25) is 5.95 Å². The van der Waals surface area contributed by atoms with E-state index >= 15 is 0 Å². The number of ether oxygens (including phenoxy) is 1. The van der Waals surface area contributed by atoms with Gasteiger partial charge >= 0.3 is 0 Å². The predicted octanol–water partition coefficient (Wildman–Crippen LogP) is 1.23.